The molecule has 4 aliphatic carbocycles. The summed E-state index contributed by atoms with van der Waals surface area (Å²) in [6.07, 6.45) is 7.32. The van der Waals surface area contributed by atoms with E-state index < -0.39 is 27.1 Å². The number of amides is 1. The molecule has 27 heavy (non-hydrogen) atoms. The van der Waals surface area contributed by atoms with Crippen molar-refractivity contribution < 1.29 is 14.6 Å². The maximum absolute atomic E-state index is 12.8. The number of benzene rings is 1. The maximum Gasteiger partial charge on any atom is 0.279 e. The molecule has 4 aliphatic rings. The van der Waals surface area contributed by atoms with Crippen molar-refractivity contribution in [1.82, 2.24) is 5.32 Å². The fourth-order valence-corrected chi connectivity index (χ4v) is 6.08. The number of hydrogen-bond donors (Lipinski definition) is 1. The molecule has 4 bridgehead atoms. The van der Waals surface area contributed by atoms with Gasteiger partial charge in [0.2, 0.25) is 0 Å². The van der Waals surface area contributed by atoms with Crippen LogP contribution in [0.5, 0.6) is 0 Å². The molecule has 8 nitrogen and oxygen atoms in total. The second-order valence-electron chi connectivity index (χ2n) is 8.75. The molecule has 1 aromatic carbocycles. The van der Waals surface area contributed by atoms with E-state index >= 15 is 0 Å². The number of hydrogen-bond acceptors (Lipinski definition) is 5. The summed E-state index contributed by atoms with van der Waals surface area (Å²) in [6, 6.07) is 2.04. The zero-order valence-electron chi connectivity index (χ0n) is 15.3. The standard InChI is InChI=1S/C19H23N3O5/c1-11-16(5-15(21(24)25)6-17(11)22(26)27)18(23)20-10-19-7-12-2-13(8-19)4-14(3-12)9-19/h5-6,12-14H,2-4,7-10H2,1H3,(H,20,23). The second-order valence-corrected chi connectivity index (χ2v) is 8.75. The Labute approximate surface area is 156 Å². The normalized spacial score (nSPS) is 30.9. The summed E-state index contributed by atoms with van der Waals surface area (Å²) in [7, 11) is 0. The highest BCUT2D eigenvalue weighted by molar-refractivity contribution is 5.97. The fraction of sp³-hybridized carbons (Fsp3) is 0.632. The van der Waals surface area contributed by atoms with Crippen LogP contribution in [0.2, 0.25) is 0 Å². The number of nitrogens with zero attached hydrogens (tertiary/aromatic N) is 2. The highest BCUT2D eigenvalue weighted by Crippen LogP contribution is 2.59. The van der Waals surface area contributed by atoms with Gasteiger partial charge in [0, 0.05) is 18.2 Å². The molecule has 5 rings (SSSR count). The van der Waals surface area contributed by atoms with Gasteiger partial charge in [0.05, 0.1) is 21.5 Å². The molecule has 1 amide bonds. The molecule has 0 radical (unpaired) electrons. The summed E-state index contributed by atoms with van der Waals surface area (Å²) in [4.78, 5) is 33.7. The van der Waals surface area contributed by atoms with Gasteiger partial charge in [-0.1, -0.05) is 0 Å². The van der Waals surface area contributed by atoms with Crippen molar-refractivity contribution in [2.45, 2.75) is 45.4 Å². The molecule has 0 unspecified atom stereocenters. The summed E-state index contributed by atoms with van der Waals surface area (Å²) in [6.45, 7) is 2.01. The van der Waals surface area contributed by atoms with Crippen molar-refractivity contribution in [1.29, 1.82) is 0 Å². The van der Waals surface area contributed by atoms with Crippen LogP contribution >= 0.6 is 0 Å². The minimum atomic E-state index is -0.706. The van der Waals surface area contributed by atoms with Crippen LogP contribution in [0.15, 0.2) is 12.1 Å². The molecule has 0 heterocycles. The molecule has 0 aromatic heterocycles. The van der Waals surface area contributed by atoms with E-state index in [0.717, 1.165) is 49.1 Å². The van der Waals surface area contributed by atoms with Gasteiger partial charge in [-0.2, -0.15) is 0 Å². The summed E-state index contributed by atoms with van der Waals surface area (Å²) in [5.41, 5.74) is -0.532. The average Bonchev–Trinajstić information content (AvgIpc) is 2.58. The zero-order chi connectivity index (χ0) is 19.3. The maximum atomic E-state index is 12.8. The van der Waals surface area contributed by atoms with E-state index in [0.29, 0.717) is 6.54 Å². The Morgan fingerprint density at radius 1 is 1.07 bits per heavy atom. The first kappa shape index (κ1) is 17.9. The SMILES string of the molecule is Cc1c(C(=O)NCC23CC4CC(CC(C4)C2)C3)cc([N+](=O)[O-])cc1[N+](=O)[O-]. The van der Waals surface area contributed by atoms with Crippen LogP contribution in [0, 0.1) is 50.3 Å². The number of carbonyl (C=O) groups excluding carboxylic acids is 1. The van der Waals surface area contributed by atoms with E-state index in [1.54, 1.807) is 0 Å². The van der Waals surface area contributed by atoms with E-state index in [1.165, 1.54) is 26.2 Å². The lowest BCUT2D eigenvalue weighted by Crippen LogP contribution is -2.51. The third-order valence-electron chi connectivity index (χ3n) is 6.81. The number of carbonyl (C=O) groups is 1. The van der Waals surface area contributed by atoms with Crippen LogP contribution in [0.25, 0.3) is 0 Å². The minimum absolute atomic E-state index is 0.0145. The number of rotatable bonds is 5. The Morgan fingerprint density at radius 3 is 2.11 bits per heavy atom. The van der Waals surface area contributed by atoms with Crippen LogP contribution < -0.4 is 5.32 Å². The van der Waals surface area contributed by atoms with Gasteiger partial charge in [0.1, 0.15) is 0 Å². The van der Waals surface area contributed by atoms with Crippen molar-refractivity contribution in [2.75, 3.05) is 6.54 Å². The van der Waals surface area contributed by atoms with Crippen molar-refractivity contribution in [3.63, 3.8) is 0 Å². The molecule has 4 fully saturated rings. The van der Waals surface area contributed by atoms with Gasteiger partial charge >= 0.3 is 0 Å². The van der Waals surface area contributed by atoms with Crippen molar-refractivity contribution >= 4 is 17.3 Å². The van der Waals surface area contributed by atoms with Gasteiger partial charge in [-0.3, -0.25) is 25.0 Å². The first-order valence-corrected chi connectivity index (χ1v) is 9.48. The summed E-state index contributed by atoms with van der Waals surface area (Å²) < 4.78 is 0. The molecule has 0 spiro atoms. The van der Waals surface area contributed by atoms with Crippen molar-refractivity contribution in [2.24, 2.45) is 23.2 Å². The van der Waals surface area contributed by atoms with E-state index in [9.17, 15) is 25.0 Å². The largest absolute Gasteiger partial charge is 0.351 e. The van der Waals surface area contributed by atoms with Crippen LogP contribution in [-0.4, -0.2) is 22.3 Å². The summed E-state index contributed by atoms with van der Waals surface area (Å²) >= 11 is 0. The smallest absolute Gasteiger partial charge is 0.279 e. The Morgan fingerprint density at radius 2 is 1.63 bits per heavy atom. The number of non-ortho nitro benzene ring substituents is 1. The van der Waals surface area contributed by atoms with Gasteiger partial charge < -0.3 is 5.32 Å². The predicted octanol–water partition coefficient (Wildman–Crippen LogP) is 3.76. The average molecular weight is 373 g/mol. The first-order valence-electron chi connectivity index (χ1n) is 9.48. The topological polar surface area (TPSA) is 115 Å². The molecule has 4 saturated carbocycles. The van der Waals surface area contributed by atoms with Gasteiger partial charge in [0.25, 0.3) is 17.3 Å². The molecular formula is C19H23N3O5. The van der Waals surface area contributed by atoms with Crippen LogP contribution in [0.4, 0.5) is 11.4 Å². The molecule has 8 heteroatoms. The highest BCUT2D eigenvalue weighted by Gasteiger charge is 2.50. The lowest BCUT2D eigenvalue weighted by Gasteiger charge is -2.56. The Kier molecular flexibility index (Phi) is 4.16. The van der Waals surface area contributed by atoms with Gasteiger partial charge in [0.15, 0.2) is 0 Å². The molecule has 1 N–H and O–H groups in total. The fourth-order valence-electron chi connectivity index (χ4n) is 6.08. The molecule has 0 atom stereocenters. The lowest BCUT2D eigenvalue weighted by molar-refractivity contribution is -0.394. The predicted molar refractivity (Wildman–Crippen MR) is 97.4 cm³/mol. The van der Waals surface area contributed by atoms with E-state index in [-0.39, 0.29) is 16.5 Å². The van der Waals surface area contributed by atoms with Crippen molar-refractivity contribution in [3.05, 3.63) is 43.5 Å². The van der Waals surface area contributed by atoms with E-state index in [4.69, 9.17) is 0 Å². The van der Waals surface area contributed by atoms with E-state index in [1.807, 2.05) is 0 Å². The molecule has 144 valence electrons. The van der Waals surface area contributed by atoms with Gasteiger partial charge in [-0.05, 0) is 68.6 Å². The minimum Gasteiger partial charge on any atom is -0.351 e. The molecule has 1 aromatic rings. The summed E-state index contributed by atoms with van der Waals surface area (Å²) in [5, 5.41) is 25.3. The monoisotopic (exact) mass is 373 g/mol. The zero-order valence-corrected chi connectivity index (χ0v) is 15.3. The highest BCUT2D eigenvalue weighted by atomic mass is 16.6. The van der Waals surface area contributed by atoms with Crippen molar-refractivity contribution in [3.8, 4) is 0 Å². The number of nitro groups is 2. The quantitative estimate of drug-likeness (QED) is 0.623. The molecule has 0 saturated heterocycles. The molecular weight excluding hydrogens is 350 g/mol. The number of nitrogens with one attached hydrogen (secondary N) is 1. The number of nitro benzene ring substituents is 2. The van der Waals surface area contributed by atoms with Crippen LogP contribution in [0.1, 0.15) is 54.4 Å². The van der Waals surface area contributed by atoms with E-state index in [2.05, 4.69) is 5.32 Å². The Hall–Kier alpha value is -2.51. The Balaban J connectivity index is 1.55. The third kappa shape index (κ3) is 3.17. The lowest BCUT2D eigenvalue weighted by atomic mass is 9.49. The molecule has 0 aliphatic heterocycles. The first-order chi connectivity index (χ1) is 12.8. The summed E-state index contributed by atoms with van der Waals surface area (Å²) in [5.74, 6) is 1.81. The second kappa shape index (κ2) is 6.28. The van der Waals surface area contributed by atoms with Gasteiger partial charge in [-0.15, -0.1) is 0 Å². The van der Waals surface area contributed by atoms with Crippen LogP contribution in [-0.2, 0) is 0 Å². The Bertz CT molecular complexity index is 800. The van der Waals surface area contributed by atoms with Crippen LogP contribution in [0.3, 0.4) is 0 Å². The van der Waals surface area contributed by atoms with Gasteiger partial charge in [-0.25, -0.2) is 0 Å². The third-order valence-corrected chi connectivity index (χ3v) is 6.81.